The Bertz CT molecular complexity index is 803. The lowest BCUT2D eigenvalue weighted by atomic mass is 9.76. The van der Waals surface area contributed by atoms with Gasteiger partial charge in [0.2, 0.25) is 11.8 Å². The van der Waals surface area contributed by atoms with Crippen LogP contribution < -0.4 is 4.74 Å². The highest BCUT2D eigenvalue weighted by atomic mass is 16.5. The minimum Gasteiger partial charge on any atom is -0.487 e. The van der Waals surface area contributed by atoms with Crippen molar-refractivity contribution in [2.45, 2.75) is 82.1 Å². The maximum Gasteiger partial charge on any atom is 0.223 e. The SMILES string of the molecule is O=C(CC1CCCC1)N1CCC2(CC1)CC(CC(=O)N1CCCC1)c1ccccc1O2. The summed E-state index contributed by atoms with van der Waals surface area (Å²) < 4.78 is 6.60. The zero-order chi connectivity index (χ0) is 21.3. The molecule has 168 valence electrons. The third-order valence-corrected chi connectivity index (χ3v) is 8.15. The van der Waals surface area contributed by atoms with Crippen LogP contribution in [0.1, 0.15) is 82.1 Å². The molecule has 0 N–H and O–H groups in total. The molecule has 31 heavy (non-hydrogen) atoms. The normalized spacial score (nSPS) is 25.5. The van der Waals surface area contributed by atoms with E-state index in [1.165, 1.54) is 31.2 Å². The molecule has 1 aliphatic carbocycles. The minimum absolute atomic E-state index is 0.207. The number of para-hydroxylation sites is 1. The fraction of sp³-hybridized carbons (Fsp3) is 0.692. The van der Waals surface area contributed by atoms with Crippen LogP contribution in [0.2, 0.25) is 0 Å². The smallest absolute Gasteiger partial charge is 0.223 e. The number of piperidine rings is 1. The first-order valence-corrected chi connectivity index (χ1v) is 12.5. The highest BCUT2D eigenvalue weighted by Crippen LogP contribution is 2.47. The van der Waals surface area contributed by atoms with Crippen LogP contribution in [-0.4, -0.2) is 53.4 Å². The second-order valence-electron chi connectivity index (χ2n) is 10.3. The third kappa shape index (κ3) is 4.47. The molecule has 4 aliphatic rings. The average Bonchev–Trinajstić information content (AvgIpc) is 3.49. The first-order chi connectivity index (χ1) is 15.1. The number of carbonyl (C=O) groups is 2. The van der Waals surface area contributed by atoms with Crippen LogP contribution in [0, 0.1) is 5.92 Å². The van der Waals surface area contributed by atoms with Crippen molar-refractivity contribution >= 4 is 11.8 Å². The number of hydrogen-bond donors (Lipinski definition) is 0. The van der Waals surface area contributed by atoms with Crippen LogP contribution in [-0.2, 0) is 9.59 Å². The van der Waals surface area contributed by atoms with E-state index in [1.807, 2.05) is 11.0 Å². The van der Waals surface area contributed by atoms with Gasteiger partial charge in [0.05, 0.1) is 0 Å². The zero-order valence-corrected chi connectivity index (χ0v) is 18.7. The predicted molar refractivity (Wildman–Crippen MR) is 120 cm³/mol. The quantitative estimate of drug-likeness (QED) is 0.715. The van der Waals surface area contributed by atoms with Crippen molar-refractivity contribution in [3.05, 3.63) is 29.8 Å². The molecule has 1 aromatic rings. The van der Waals surface area contributed by atoms with Crippen LogP contribution >= 0.6 is 0 Å². The molecule has 5 nitrogen and oxygen atoms in total. The van der Waals surface area contributed by atoms with Gasteiger partial charge >= 0.3 is 0 Å². The van der Waals surface area contributed by atoms with Gasteiger partial charge < -0.3 is 14.5 Å². The second kappa shape index (κ2) is 8.84. The van der Waals surface area contributed by atoms with Gasteiger partial charge in [-0.3, -0.25) is 9.59 Å². The number of nitrogens with zero attached hydrogens (tertiary/aromatic N) is 2. The van der Waals surface area contributed by atoms with Crippen LogP contribution in [0.5, 0.6) is 5.75 Å². The van der Waals surface area contributed by atoms with E-state index in [0.29, 0.717) is 24.2 Å². The van der Waals surface area contributed by atoms with Crippen LogP contribution in [0.4, 0.5) is 0 Å². The van der Waals surface area contributed by atoms with E-state index < -0.39 is 0 Å². The molecule has 3 fully saturated rings. The van der Waals surface area contributed by atoms with E-state index in [9.17, 15) is 9.59 Å². The predicted octanol–water partition coefficient (Wildman–Crippen LogP) is 4.51. The summed E-state index contributed by atoms with van der Waals surface area (Å²) in [6.07, 6.45) is 11.2. The number of ether oxygens (including phenoxy) is 1. The zero-order valence-electron chi connectivity index (χ0n) is 18.7. The van der Waals surface area contributed by atoms with Crippen molar-refractivity contribution in [1.29, 1.82) is 0 Å². The number of fused-ring (bicyclic) bond motifs is 1. The molecule has 1 aromatic carbocycles. The summed E-state index contributed by atoms with van der Waals surface area (Å²) in [4.78, 5) is 29.9. The highest BCUT2D eigenvalue weighted by Gasteiger charge is 2.44. The van der Waals surface area contributed by atoms with E-state index in [1.54, 1.807) is 0 Å². The Morgan fingerprint density at radius 1 is 0.871 bits per heavy atom. The van der Waals surface area contributed by atoms with Crippen molar-refractivity contribution in [1.82, 2.24) is 9.80 Å². The fourth-order valence-electron chi connectivity index (χ4n) is 6.29. The Morgan fingerprint density at radius 3 is 2.26 bits per heavy atom. The van der Waals surface area contributed by atoms with E-state index in [4.69, 9.17) is 4.74 Å². The number of amides is 2. The summed E-state index contributed by atoms with van der Waals surface area (Å²) in [7, 11) is 0. The minimum atomic E-state index is -0.242. The molecule has 2 amide bonds. The van der Waals surface area contributed by atoms with Gasteiger partial charge in [0.15, 0.2) is 0 Å². The molecule has 3 aliphatic heterocycles. The molecule has 0 aromatic heterocycles. The van der Waals surface area contributed by atoms with E-state index in [2.05, 4.69) is 23.1 Å². The summed E-state index contributed by atoms with van der Waals surface area (Å²) in [6, 6.07) is 8.26. The monoisotopic (exact) mass is 424 g/mol. The van der Waals surface area contributed by atoms with Gasteiger partial charge in [0.25, 0.3) is 0 Å². The molecule has 5 heteroatoms. The van der Waals surface area contributed by atoms with Gasteiger partial charge in [-0.15, -0.1) is 0 Å². The molecule has 1 spiro atoms. The van der Waals surface area contributed by atoms with Crippen LogP contribution in [0.25, 0.3) is 0 Å². The van der Waals surface area contributed by atoms with Gasteiger partial charge in [0.1, 0.15) is 11.4 Å². The summed E-state index contributed by atoms with van der Waals surface area (Å²) in [5.41, 5.74) is 0.939. The van der Waals surface area contributed by atoms with E-state index in [-0.39, 0.29) is 11.5 Å². The van der Waals surface area contributed by atoms with Crippen molar-refractivity contribution in [3.63, 3.8) is 0 Å². The van der Waals surface area contributed by atoms with Gasteiger partial charge in [-0.2, -0.15) is 0 Å². The Kier molecular flexibility index (Phi) is 5.94. The summed E-state index contributed by atoms with van der Waals surface area (Å²) >= 11 is 0. The Hall–Kier alpha value is -2.04. The van der Waals surface area contributed by atoms with Crippen molar-refractivity contribution in [2.24, 2.45) is 5.92 Å². The summed E-state index contributed by atoms with van der Waals surface area (Å²) in [6.45, 7) is 3.38. The summed E-state index contributed by atoms with van der Waals surface area (Å²) in [5, 5.41) is 0. The highest BCUT2D eigenvalue weighted by molar-refractivity contribution is 5.78. The molecule has 1 saturated carbocycles. The lowest BCUT2D eigenvalue weighted by Crippen LogP contribution is -2.52. The number of hydrogen-bond acceptors (Lipinski definition) is 3. The topological polar surface area (TPSA) is 49.9 Å². The largest absolute Gasteiger partial charge is 0.487 e. The molecule has 0 radical (unpaired) electrons. The van der Waals surface area contributed by atoms with Crippen molar-refractivity contribution in [2.75, 3.05) is 26.2 Å². The van der Waals surface area contributed by atoms with E-state index >= 15 is 0 Å². The third-order valence-electron chi connectivity index (χ3n) is 8.15. The molecule has 1 unspecified atom stereocenters. The number of likely N-dealkylation sites (tertiary alicyclic amines) is 2. The lowest BCUT2D eigenvalue weighted by molar-refractivity contribution is -0.136. The lowest BCUT2D eigenvalue weighted by Gasteiger charge is -2.47. The maximum atomic E-state index is 12.9. The standard InChI is InChI=1S/C26H36N2O3/c29-24(17-20-7-1-2-8-20)28-15-11-26(12-16-28)19-21(18-25(30)27-13-5-6-14-27)22-9-3-4-10-23(22)31-26/h3-4,9-10,20-21H,1-2,5-8,11-19H2. The van der Waals surface area contributed by atoms with Gasteiger partial charge in [-0.05, 0) is 49.7 Å². The molecule has 5 rings (SSSR count). The second-order valence-corrected chi connectivity index (χ2v) is 10.3. The summed E-state index contributed by atoms with van der Waals surface area (Å²) in [5.74, 6) is 2.37. The Morgan fingerprint density at radius 2 is 1.52 bits per heavy atom. The first kappa shape index (κ1) is 20.8. The number of rotatable bonds is 4. The fourth-order valence-corrected chi connectivity index (χ4v) is 6.29. The molecule has 0 bridgehead atoms. The van der Waals surface area contributed by atoms with Gasteiger partial charge in [-0.25, -0.2) is 0 Å². The molecule has 1 atom stereocenters. The van der Waals surface area contributed by atoms with Gasteiger partial charge in [-0.1, -0.05) is 31.0 Å². The van der Waals surface area contributed by atoms with Crippen LogP contribution in [0.3, 0.4) is 0 Å². The average molecular weight is 425 g/mol. The van der Waals surface area contributed by atoms with Crippen LogP contribution in [0.15, 0.2) is 24.3 Å². The molecular weight excluding hydrogens is 388 g/mol. The number of benzene rings is 1. The number of carbonyl (C=O) groups excluding carboxylic acids is 2. The van der Waals surface area contributed by atoms with Crippen molar-refractivity contribution in [3.8, 4) is 5.75 Å². The maximum absolute atomic E-state index is 12.9. The van der Waals surface area contributed by atoms with Gasteiger partial charge in [0, 0.05) is 57.8 Å². The Balaban J connectivity index is 1.25. The van der Waals surface area contributed by atoms with Crippen molar-refractivity contribution < 1.29 is 14.3 Å². The first-order valence-electron chi connectivity index (χ1n) is 12.5. The Labute approximate surface area is 186 Å². The van der Waals surface area contributed by atoms with E-state index in [0.717, 1.165) is 70.5 Å². The molecular formula is C26H36N2O3. The molecule has 3 heterocycles. The molecule has 2 saturated heterocycles.